The van der Waals surface area contributed by atoms with Crippen LogP contribution in [0.4, 0.5) is 5.82 Å². The maximum Gasteiger partial charge on any atom is 0.239 e. The molecule has 0 aromatic carbocycles. The number of thiophene rings is 1. The Kier molecular flexibility index (Phi) is 3.21. The third-order valence-corrected chi connectivity index (χ3v) is 5.66. The Balaban J connectivity index is 1.97. The molecule has 1 aliphatic rings. The first-order valence-electron chi connectivity index (χ1n) is 5.36. The van der Waals surface area contributed by atoms with Crippen LogP contribution in [-0.4, -0.2) is 21.9 Å². The number of nitrogens with zero attached hydrogens (tertiary/aromatic N) is 2. The lowest BCUT2D eigenvalue weighted by Crippen LogP contribution is -2.27. The van der Waals surface area contributed by atoms with Crippen molar-refractivity contribution in [2.45, 2.75) is 12.3 Å². The minimum atomic E-state index is 0.0384. The first-order valence-corrected chi connectivity index (χ1v) is 8.02. The van der Waals surface area contributed by atoms with Gasteiger partial charge in [0.15, 0.2) is 5.82 Å². The van der Waals surface area contributed by atoms with Crippen molar-refractivity contribution in [3.8, 4) is 0 Å². The van der Waals surface area contributed by atoms with E-state index in [1.807, 2.05) is 19.1 Å². The summed E-state index contributed by atoms with van der Waals surface area (Å²) in [6.07, 6.45) is 0. The summed E-state index contributed by atoms with van der Waals surface area (Å²) in [4.78, 5) is 15.0. The monoisotopic (exact) mass is 343 g/mol. The lowest BCUT2D eigenvalue weighted by molar-refractivity contribution is -0.115. The van der Waals surface area contributed by atoms with E-state index in [9.17, 15) is 4.79 Å². The molecular formula is C11H10BrN3OS2. The van der Waals surface area contributed by atoms with Gasteiger partial charge in [-0.1, -0.05) is 0 Å². The SMILES string of the molecule is Cc1cc(N2C(=O)CSC2c2ccc(Br)s2)n[nH]1. The highest BCUT2D eigenvalue weighted by molar-refractivity contribution is 9.11. The van der Waals surface area contributed by atoms with E-state index in [-0.39, 0.29) is 11.3 Å². The van der Waals surface area contributed by atoms with E-state index in [4.69, 9.17) is 0 Å². The molecule has 3 heterocycles. The third kappa shape index (κ3) is 2.10. The molecule has 1 saturated heterocycles. The number of aromatic nitrogens is 2. The largest absolute Gasteiger partial charge is 0.281 e. The summed E-state index contributed by atoms with van der Waals surface area (Å²) >= 11 is 6.76. The Bertz CT molecular complexity index is 595. The number of halogens is 1. The number of thioether (sulfide) groups is 1. The van der Waals surface area contributed by atoms with Crippen molar-refractivity contribution in [2.24, 2.45) is 0 Å². The van der Waals surface area contributed by atoms with Gasteiger partial charge in [0.05, 0.1) is 9.54 Å². The van der Waals surface area contributed by atoms with E-state index in [1.165, 1.54) is 4.88 Å². The van der Waals surface area contributed by atoms with E-state index < -0.39 is 0 Å². The summed E-state index contributed by atoms with van der Waals surface area (Å²) in [6.45, 7) is 1.93. The summed E-state index contributed by atoms with van der Waals surface area (Å²) in [6, 6.07) is 5.97. The number of nitrogens with one attached hydrogen (secondary N) is 1. The van der Waals surface area contributed by atoms with E-state index in [1.54, 1.807) is 28.0 Å². The zero-order valence-corrected chi connectivity index (χ0v) is 12.7. The van der Waals surface area contributed by atoms with Crippen molar-refractivity contribution in [3.63, 3.8) is 0 Å². The van der Waals surface area contributed by atoms with Crippen molar-refractivity contribution in [1.82, 2.24) is 10.2 Å². The van der Waals surface area contributed by atoms with Gasteiger partial charge in [0, 0.05) is 16.6 Å². The highest BCUT2D eigenvalue weighted by Crippen LogP contribution is 2.44. The third-order valence-electron chi connectivity index (χ3n) is 2.64. The summed E-state index contributed by atoms with van der Waals surface area (Å²) in [7, 11) is 0. The molecule has 1 fully saturated rings. The summed E-state index contributed by atoms with van der Waals surface area (Å²) in [5, 5.41) is 7.11. The number of aryl methyl sites for hydroxylation is 1. The number of carbonyl (C=O) groups is 1. The van der Waals surface area contributed by atoms with Crippen molar-refractivity contribution in [2.75, 3.05) is 10.7 Å². The van der Waals surface area contributed by atoms with E-state index in [0.29, 0.717) is 11.6 Å². The number of amides is 1. The second-order valence-corrected chi connectivity index (χ2v) is 7.54. The van der Waals surface area contributed by atoms with Gasteiger partial charge in [-0.3, -0.25) is 14.8 Å². The van der Waals surface area contributed by atoms with Crippen LogP contribution >= 0.6 is 39.0 Å². The molecule has 7 heteroatoms. The summed E-state index contributed by atoms with van der Waals surface area (Å²) in [5.41, 5.74) is 0.959. The van der Waals surface area contributed by atoms with Gasteiger partial charge in [0.1, 0.15) is 5.37 Å². The molecule has 2 aromatic heterocycles. The molecule has 0 bridgehead atoms. The summed E-state index contributed by atoms with van der Waals surface area (Å²) in [5.74, 6) is 1.32. The lowest BCUT2D eigenvalue weighted by atomic mass is 10.3. The number of H-pyrrole nitrogens is 1. The minimum absolute atomic E-state index is 0.0384. The first-order chi connectivity index (χ1) is 8.65. The van der Waals surface area contributed by atoms with Crippen LogP contribution in [0.1, 0.15) is 15.9 Å². The van der Waals surface area contributed by atoms with Crippen LogP contribution < -0.4 is 4.90 Å². The molecule has 1 unspecified atom stereocenters. The minimum Gasteiger partial charge on any atom is -0.281 e. The van der Waals surface area contributed by atoms with Crippen LogP contribution in [0.3, 0.4) is 0 Å². The maximum absolute atomic E-state index is 12.0. The molecule has 94 valence electrons. The maximum atomic E-state index is 12.0. The van der Waals surface area contributed by atoms with Gasteiger partial charge < -0.3 is 0 Å². The first kappa shape index (κ1) is 12.3. The second kappa shape index (κ2) is 4.71. The molecule has 3 rings (SSSR count). The van der Waals surface area contributed by atoms with Crippen molar-refractivity contribution in [3.05, 3.63) is 32.6 Å². The lowest BCUT2D eigenvalue weighted by Gasteiger charge is -2.20. The highest BCUT2D eigenvalue weighted by Gasteiger charge is 2.36. The number of hydrogen-bond donors (Lipinski definition) is 1. The Labute approximate surface area is 121 Å². The molecule has 4 nitrogen and oxygen atoms in total. The van der Waals surface area contributed by atoms with Crippen LogP contribution in [0.5, 0.6) is 0 Å². The molecule has 1 N–H and O–H groups in total. The van der Waals surface area contributed by atoms with Gasteiger partial charge >= 0.3 is 0 Å². The average molecular weight is 344 g/mol. The fourth-order valence-corrected chi connectivity index (χ4v) is 4.67. The zero-order chi connectivity index (χ0) is 12.7. The van der Waals surface area contributed by atoms with Crippen LogP contribution in [0.25, 0.3) is 0 Å². The Morgan fingerprint density at radius 1 is 1.56 bits per heavy atom. The topological polar surface area (TPSA) is 49.0 Å². The molecule has 18 heavy (non-hydrogen) atoms. The molecular weight excluding hydrogens is 334 g/mol. The number of hydrogen-bond acceptors (Lipinski definition) is 4. The predicted octanol–water partition coefficient (Wildman–Crippen LogP) is 3.32. The highest BCUT2D eigenvalue weighted by atomic mass is 79.9. The molecule has 1 aliphatic heterocycles. The molecule has 0 aliphatic carbocycles. The van der Waals surface area contributed by atoms with Gasteiger partial charge in [-0.05, 0) is 35.0 Å². The van der Waals surface area contributed by atoms with Gasteiger partial charge in [0.2, 0.25) is 5.91 Å². The fraction of sp³-hybridized carbons (Fsp3) is 0.273. The molecule has 0 radical (unpaired) electrons. The second-order valence-electron chi connectivity index (χ2n) is 3.98. The Morgan fingerprint density at radius 2 is 2.39 bits per heavy atom. The van der Waals surface area contributed by atoms with Crippen LogP contribution in [0.15, 0.2) is 22.0 Å². The van der Waals surface area contributed by atoms with Crippen molar-refractivity contribution < 1.29 is 4.79 Å². The number of aromatic amines is 1. The van der Waals surface area contributed by atoms with Gasteiger partial charge in [-0.25, -0.2) is 0 Å². The fourth-order valence-electron chi connectivity index (χ4n) is 1.87. The Hall–Kier alpha value is -0.790. The quantitative estimate of drug-likeness (QED) is 0.909. The van der Waals surface area contributed by atoms with Crippen molar-refractivity contribution >= 4 is 50.8 Å². The Morgan fingerprint density at radius 3 is 3.00 bits per heavy atom. The van der Waals surface area contributed by atoms with Crippen LogP contribution in [0, 0.1) is 6.92 Å². The molecule has 1 amide bonds. The van der Waals surface area contributed by atoms with E-state index in [2.05, 4.69) is 32.2 Å². The molecule has 2 aromatic rings. The summed E-state index contributed by atoms with van der Waals surface area (Å²) < 4.78 is 1.08. The predicted molar refractivity (Wildman–Crippen MR) is 78.0 cm³/mol. The van der Waals surface area contributed by atoms with Gasteiger partial charge in [0.25, 0.3) is 0 Å². The molecule has 0 spiro atoms. The number of anilines is 1. The average Bonchev–Trinajstić information content (AvgIpc) is 2.99. The molecule has 0 saturated carbocycles. The number of carbonyl (C=O) groups excluding carboxylic acids is 1. The van der Waals surface area contributed by atoms with Gasteiger partial charge in [-0.2, -0.15) is 5.10 Å². The standard InChI is InChI=1S/C11H10BrN3OS2/c1-6-4-9(14-13-6)15-10(16)5-17-11(15)7-2-3-8(12)18-7/h2-4,11H,5H2,1H3,(H,13,14). The number of rotatable bonds is 2. The molecule has 1 atom stereocenters. The van der Waals surface area contributed by atoms with E-state index >= 15 is 0 Å². The normalized spacial score (nSPS) is 19.8. The van der Waals surface area contributed by atoms with Crippen LogP contribution in [0.2, 0.25) is 0 Å². The van der Waals surface area contributed by atoms with Crippen LogP contribution in [-0.2, 0) is 4.79 Å². The zero-order valence-electron chi connectivity index (χ0n) is 9.51. The van der Waals surface area contributed by atoms with E-state index in [0.717, 1.165) is 9.48 Å². The van der Waals surface area contributed by atoms with Crippen molar-refractivity contribution in [1.29, 1.82) is 0 Å². The van der Waals surface area contributed by atoms with Gasteiger partial charge in [-0.15, -0.1) is 23.1 Å². The smallest absolute Gasteiger partial charge is 0.239 e.